The minimum Gasteiger partial charge on any atom is -0.380 e. The van der Waals surface area contributed by atoms with Crippen molar-refractivity contribution in [2.24, 2.45) is 5.92 Å². The summed E-state index contributed by atoms with van der Waals surface area (Å²) in [6.07, 6.45) is 1.55. The Morgan fingerprint density at radius 2 is 2.06 bits per heavy atom. The molecule has 8 heteroatoms. The average molecular weight is 445 g/mol. The van der Waals surface area contributed by atoms with Gasteiger partial charge < -0.3 is 15.5 Å². The number of likely N-dealkylation sites (tertiary alicyclic amines) is 1. The average Bonchev–Trinajstić information content (AvgIpc) is 3.52. The number of anilines is 1. The van der Waals surface area contributed by atoms with Crippen molar-refractivity contribution in [1.29, 1.82) is 0 Å². The molecule has 1 aliphatic carbocycles. The third-order valence-electron chi connectivity index (χ3n) is 5.90. The molecule has 5 nitrogen and oxygen atoms in total. The van der Waals surface area contributed by atoms with Crippen LogP contribution < -0.4 is 10.6 Å². The van der Waals surface area contributed by atoms with E-state index in [1.165, 1.54) is 0 Å². The number of pyridine rings is 1. The Hall–Kier alpha value is -2.87. The first kappa shape index (κ1) is 22.3. The third kappa shape index (κ3) is 5.12. The number of amides is 1. The lowest BCUT2D eigenvalue weighted by atomic mass is 10.0. The van der Waals surface area contributed by atoms with Gasteiger partial charge in [0.05, 0.1) is 17.0 Å². The number of benzene rings is 1. The summed E-state index contributed by atoms with van der Waals surface area (Å²) >= 11 is 0. The quantitative estimate of drug-likeness (QED) is 0.662. The van der Waals surface area contributed by atoms with Crippen LogP contribution in [0.25, 0.3) is 22.4 Å². The van der Waals surface area contributed by atoms with Crippen molar-refractivity contribution in [3.05, 3.63) is 48.3 Å². The van der Waals surface area contributed by atoms with E-state index in [-0.39, 0.29) is 23.6 Å². The van der Waals surface area contributed by atoms with Gasteiger partial charge in [-0.05, 0) is 51.1 Å². The van der Waals surface area contributed by atoms with E-state index < -0.39 is 11.7 Å². The summed E-state index contributed by atoms with van der Waals surface area (Å²) in [5, 5.41) is 7.37. The molecule has 1 unspecified atom stereocenters. The minimum absolute atomic E-state index is 0.0141. The summed E-state index contributed by atoms with van der Waals surface area (Å²) in [4.78, 5) is 18.2. The van der Waals surface area contributed by atoms with Crippen LogP contribution in [0.15, 0.2) is 36.9 Å². The second-order valence-electron chi connectivity index (χ2n) is 8.59. The molecule has 32 heavy (non-hydrogen) atoms. The van der Waals surface area contributed by atoms with Crippen LogP contribution in [0, 0.1) is 5.92 Å². The van der Waals surface area contributed by atoms with E-state index in [0.29, 0.717) is 23.0 Å². The van der Waals surface area contributed by atoms with E-state index >= 15 is 0 Å². The molecule has 2 heterocycles. The lowest BCUT2D eigenvalue weighted by Gasteiger charge is -2.18. The number of nitrogens with one attached hydrogen (secondary N) is 2. The highest BCUT2D eigenvalue weighted by Gasteiger charge is 2.35. The second-order valence-corrected chi connectivity index (χ2v) is 8.59. The van der Waals surface area contributed by atoms with Gasteiger partial charge in [-0.25, -0.2) is 4.98 Å². The predicted molar refractivity (Wildman–Crippen MR) is 121 cm³/mol. The lowest BCUT2D eigenvalue weighted by molar-refractivity contribution is -0.122. The second kappa shape index (κ2) is 8.94. The van der Waals surface area contributed by atoms with Crippen molar-refractivity contribution in [2.45, 2.75) is 31.5 Å². The first-order valence-electron chi connectivity index (χ1n) is 10.8. The maximum atomic E-state index is 13.5. The number of carbonyl (C=O) groups is 1. The zero-order valence-electron chi connectivity index (χ0n) is 18.0. The monoisotopic (exact) mass is 444 g/mol. The van der Waals surface area contributed by atoms with Gasteiger partial charge in [0.1, 0.15) is 0 Å². The van der Waals surface area contributed by atoms with Crippen LogP contribution in [-0.4, -0.2) is 54.7 Å². The molecule has 170 valence electrons. The molecule has 0 radical (unpaired) electrons. The summed E-state index contributed by atoms with van der Waals surface area (Å²) < 4.78 is 40.5. The molecule has 2 aliphatic rings. The fourth-order valence-corrected chi connectivity index (χ4v) is 3.97. The normalized spacial score (nSPS) is 19.6. The molecule has 2 fully saturated rings. The SMILES string of the molecule is C=C(c1nc(/C=C/CNC(=O)C2CC2)cc2c(NC3CCN(C)C3)cccc12)C(F)(F)F. The number of hydrogen-bond donors (Lipinski definition) is 2. The molecule has 1 aliphatic heterocycles. The summed E-state index contributed by atoms with van der Waals surface area (Å²) in [5.74, 6) is 0.118. The minimum atomic E-state index is -4.59. The molecular weight excluding hydrogens is 417 g/mol. The van der Waals surface area contributed by atoms with Crippen molar-refractivity contribution >= 4 is 34.0 Å². The number of allylic oxidation sites excluding steroid dienone is 1. The largest absolute Gasteiger partial charge is 0.417 e. The first-order chi connectivity index (χ1) is 15.2. The standard InChI is InChI=1S/C24H27F3N4O/c1-15(24(25,26)27)22-19-6-3-7-21(29-18-10-12-31(2)14-18)20(19)13-17(30-22)5-4-11-28-23(32)16-8-9-16/h3-7,13,16,18,29H,1,8-12,14H2,2H3,(H,28,32)/b5-4+. The first-order valence-corrected chi connectivity index (χ1v) is 10.8. The van der Waals surface area contributed by atoms with Gasteiger partial charge >= 0.3 is 6.18 Å². The zero-order chi connectivity index (χ0) is 22.9. The molecule has 4 rings (SSSR count). The Morgan fingerprint density at radius 1 is 1.28 bits per heavy atom. The number of alkyl halides is 3. The Labute approximate surface area is 185 Å². The van der Waals surface area contributed by atoms with E-state index in [1.54, 1.807) is 30.4 Å². The highest BCUT2D eigenvalue weighted by atomic mass is 19.4. The summed E-state index contributed by atoms with van der Waals surface area (Å²) in [6, 6.07) is 7.27. The molecule has 2 N–H and O–H groups in total. The zero-order valence-corrected chi connectivity index (χ0v) is 18.0. The van der Waals surface area contributed by atoms with E-state index in [4.69, 9.17) is 0 Å². The van der Waals surface area contributed by atoms with Gasteiger partial charge in [0.25, 0.3) is 0 Å². The molecule has 1 saturated heterocycles. The number of carbonyl (C=O) groups excluding carboxylic acids is 1. The molecule has 0 spiro atoms. The third-order valence-corrected chi connectivity index (χ3v) is 5.90. The molecule has 1 atom stereocenters. The van der Waals surface area contributed by atoms with Crippen molar-refractivity contribution in [3.8, 4) is 0 Å². The topological polar surface area (TPSA) is 57.3 Å². The van der Waals surface area contributed by atoms with Crippen LogP contribution in [0.4, 0.5) is 18.9 Å². The molecule has 1 aromatic heterocycles. The van der Waals surface area contributed by atoms with Gasteiger partial charge in [0.2, 0.25) is 5.91 Å². The predicted octanol–water partition coefficient (Wildman–Crippen LogP) is 4.47. The van der Waals surface area contributed by atoms with Crippen LogP contribution in [0.3, 0.4) is 0 Å². The van der Waals surface area contributed by atoms with Crippen LogP contribution >= 0.6 is 0 Å². The number of nitrogens with zero attached hydrogens (tertiary/aromatic N) is 2. The number of fused-ring (bicyclic) bond motifs is 1. The van der Waals surface area contributed by atoms with Crippen molar-refractivity contribution in [1.82, 2.24) is 15.2 Å². The van der Waals surface area contributed by atoms with Crippen molar-refractivity contribution in [3.63, 3.8) is 0 Å². The summed E-state index contributed by atoms with van der Waals surface area (Å²) in [5.41, 5.74) is 0.0101. The van der Waals surface area contributed by atoms with E-state index in [0.717, 1.165) is 38.0 Å². The number of hydrogen-bond acceptors (Lipinski definition) is 4. The van der Waals surface area contributed by atoms with Crippen molar-refractivity contribution in [2.75, 3.05) is 32.0 Å². The van der Waals surface area contributed by atoms with E-state index in [9.17, 15) is 18.0 Å². The molecule has 0 bridgehead atoms. The van der Waals surface area contributed by atoms with Gasteiger partial charge in [0, 0.05) is 41.5 Å². The van der Waals surface area contributed by atoms with Crippen molar-refractivity contribution < 1.29 is 18.0 Å². The van der Waals surface area contributed by atoms with Crippen LogP contribution in [0.5, 0.6) is 0 Å². The molecule has 1 amide bonds. The Kier molecular flexibility index (Phi) is 6.24. The molecular formula is C24H27F3N4O. The number of aromatic nitrogens is 1. The number of likely N-dealkylation sites (N-methyl/N-ethyl adjacent to an activating group) is 1. The Morgan fingerprint density at radius 3 is 2.72 bits per heavy atom. The lowest BCUT2D eigenvalue weighted by Crippen LogP contribution is -2.24. The van der Waals surface area contributed by atoms with E-state index in [1.807, 2.05) is 13.1 Å². The molecule has 1 saturated carbocycles. The highest BCUT2D eigenvalue weighted by molar-refractivity contribution is 6.00. The fraction of sp³-hybridized carbons (Fsp3) is 0.417. The fourth-order valence-electron chi connectivity index (χ4n) is 3.97. The molecule has 2 aromatic rings. The van der Waals surface area contributed by atoms with Gasteiger partial charge in [-0.2, -0.15) is 13.2 Å². The summed E-state index contributed by atoms with van der Waals surface area (Å²) in [6.45, 7) is 5.43. The van der Waals surface area contributed by atoms with Gasteiger partial charge in [-0.15, -0.1) is 0 Å². The van der Waals surface area contributed by atoms with Gasteiger partial charge in [-0.1, -0.05) is 24.8 Å². The van der Waals surface area contributed by atoms with Crippen LogP contribution in [0.2, 0.25) is 0 Å². The van der Waals surface area contributed by atoms with E-state index in [2.05, 4.69) is 27.1 Å². The molecule has 1 aromatic carbocycles. The number of rotatable bonds is 7. The Bertz CT molecular complexity index is 1060. The number of halogens is 3. The summed E-state index contributed by atoms with van der Waals surface area (Å²) in [7, 11) is 2.05. The Balaban J connectivity index is 1.66. The van der Waals surface area contributed by atoms with Gasteiger partial charge in [-0.3, -0.25) is 4.79 Å². The van der Waals surface area contributed by atoms with Crippen LogP contribution in [-0.2, 0) is 4.79 Å². The smallest absolute Gasteiger partial charge is 0.380 e. The highest BCUT2D eigenvalue weighted by Crippen LogP contribution is 2.37. The maximum Gasteiger partial charge on any atom is 0.417 e. The maximum absolute atomic E-state index is 13.5. The van der Waals surface area contributed by atoms with Gasteiger partial charge in [0.15, 0.2) is 0 Å². The van der Waals surface area contributed by atoms with Crippen LogP contribution in [0.1, 0.15) is 30.7 Å².